The first-order valence-corrected chi connectivity index (χ1v) is 9.00. The third-order valence-corrected chi connectivity index (χ3v) is 4.60. The van der Waals surface area contributed by atoms with Gasteiger partial charge >= 0.3 is 0 Å². The normalized spacial score (nSPS) is 12.0. The van der Waals surface area contributed by atoms with Crippen molar-refractivity contribution in [3.63, 3.8) is 0 Å². The lowest BCUT2D eigenvalue weighted by Crippen LogP contribution is -2.40. The highest BCUT2D eigenvalue weighted by atomic mass is 32.2. The van der Waals surface area contributed by atoms with Crippen molar-refractivity contribution in [2.24, 2.45) is 0 Å². The molecule has 8 nitrogen and oxygen atoms in total. The van der Waals surface area contributed by atoms with Crippen LogP contribution in [-0.4, -0.2) is 32.0 Å². The zero-order chi connectivity index (χ0) is 18.7. The van der Waals surface area contributed by atoms with E-state index in [0.29, 0.717) is 5.88 Å². The largest absolute Gasteiger partial charge is 0.481 e. The quantitative estimate of drug-likeness (QED) is 0.804. The minimum absolute atomic E-state index is 0.0877. The minimum atomic E-state index is -3.83. The highest BCUT2D eigenvalue weighted by Crippen LogP contribution is 2.16. The fraction of sp³-hybridized carbons (Fsp3) is 0.375. The second-order valence-electron chi connectivity index (χ2n) is 6.36. The number of amides is 1. The van der Waals surface area contributed by atoms with E-state index in [-0.39, 0.29) is 17.4 Å². The fourth-order valence-corrected chi connectivity index (χ4v) is 3.33. The lowest BCUT2D eigenvalue weighted by atomic mass is 10.1. The lowest BCUT2D eigenvalue weighted by molar-refractivity contribution is 0.0917. The van der Waals surface area contributed by atoms with Gasteiger partial charge < -0.3 is 14.5 Å². The molecule has 0 atom stereocenters. The van der Waals surface area contributed by atoms with Gasteiger partial charge in [-0.2, -0.15) is 0 Å². The maximum absolute atomic E-state index is 12.2. The number of hydrogen-bond donors (Lipinski definition) is 2. The van der Waals surface area contributed by atoms with Gasteiger partial charge in [0.2, 0.25) is 11.0 Å². The molecule has 0 radical (unpaired) electrons. The number of sulfonamides is 1. The Balaban J connectivity index is 2.05. The zero-order valence-electron chi connectivity index (χ0n) is 14.5. The Morgan fingerprint density at radius 3 is 2.64 bits per heavy atom. The van der Waals surface area contributed by atoms with Crippen molar-refractivity contribution in [2.75, 3.05) is 7.11 Å². The van der Waals surface area contributed by atoms with Gasteiger partial charge in [-0.05, 0) is 44.5 Å². The maximum atomic E-state index is 12.2. The molecule has 1 amide bonds. The molecule has 0 bridgehead atoms. The van der Waals surface area contributed by atoms with Gasteiger partial charge in [-0.1, -0.05) is 0 Å². The standard InChI is InChI=1S/C16H21N3O5S/c1-16(2,3)19-25(21,22)14-6-5-12(24-14)15(20)18-10-11-7-8-17-13(9-11)23-4/h5-9,19H,10H2,1-4H3,(H,18,20). The minimum Gasteiger partial charge on any atom is -0.481 e. The fourth-order valence-electron chi connectivity index (χ4n) is 1.98. The van der Waals surface area contributed by atoms with Crippen molar-refractivity contribution in [3.8, 4) is 5.88 Å². The first kappa shape index (κ1) is 18.9. The molecular weight excluding hydrogens is 346 g/mol. The van der Waals surface area contributed by atoms with E-state index in [0.717, 1.165) is 5.56 Å². The molecule has 2 aromatic rings. The summed E-state index contributed by atoms with van der Waals surface area (Å²) in [7, 11) is -2.33. The van der Waals surface area contributed by atoms with Gasteiger partial charge in [-0.15, -0.1) is 0 Å². The number of furan rings is 1. The van der Waals surface area contributed by atoms with Crippen LogP contribution < -0.4 is 14.8 Å². The van der Waals surface area contributed by atoms with Gasteiger partial charge in [0, 0.05) is 24.3 Å². The summed E-state index contributed by atoms with van der Waals surface area (Å²) in [6, 6.07) is 5.98. The molecule has 2 N–H and O–H groups in total. The molecule has 2 heterocycles. The topological polar surface area (TPSA) is 111 Å². The Labute approximate surface area is 146 Å². The van der Waals surface area contributed by atoms with Crippen LogP contribution >= 0.6 is 0 Å². The van der Waals surface area contributed by atoms with E-state index in [9.17, 15) is 13.2 Å². The molecule has 0 aliphatic heterocycles. The molecule has 0 fully saturated rings. The molecule has 0 unspecified atom stereocenters. The van der Waals surface area contributed by atoms with Crippen LogP contribution in [0.25, 0.3) is 0 Å². The van der Waals surface area contributed by atoms with Gasteiger partial charge in [0.25, 0.3) is 15.9 Å². The summed E-state index contributed by atoms with van der Waals surface area (Å²) in [5.41, 5.74) is 0.128. The highest BCUT2D eigenvalue weighted by molar-refractivity contribution is 7.89. The first-order valence-electron chi connectivity index (χ1n) is 7.52. The van der Waals surface area contributed by atoms with E-state index >= 15 is 0 Å². The van der Waals surface area contributed by atoms with Crippen LogP contribution in [0, 0.1) is 0 Å². The number of methoxy groups -OCH3 is 1. The molecule has 2 rings (SSSR count). The van der Waals surface area contributed by atoms with Crippen LogP contribution in [0.5, 0.6) is 5.88 Å². The van der Waals surface area contributed by atoms with Crippen molar-refractivity contribution in [1.29, 1.82) is 0 Å². The van der Waals surface area contributed by atoms with Gasteiger partial charge in [0.1, 0.15) is 0 Å². The number of ether oxygens (including phenoxy) is 1. The predicted molar refractivity (Wildman–Crippen MR) is 90.7 cm³/mol. The summed E-state index contributed by atoms with van der Waals surface area (Å²) in [4.78, 5) is 16.1. The van der Waals surface area contributed by atoms with E-state index in [1.165, 1.54) is 19.2 Å². The summed E-state index contributed by atoms with van der Waals surface area (Å²) in [6.07, 6.45) is 1.57. The predicted octanol–water partition coefficient (Wildman–Crippen LogP) is 1.69. The molecule has 0 saturated heterocycles. The van der Waals surface area contributed by atoms with E-state index in [1.54, 1.807) is 39.1 Å². The number of aromatic nitrogens is 1. The van der Waals surface area contributed by atoms with Crippen molar-refractivity contribution in [3.05, 3.63) is 41.8 Å². The Morgan fingerprint density at radius 1 is 1.28 bits per heavy atom. The number of nitrogens with one attached hydrogen (secondary N) is 2. The Bertz CT molecular complexity index is 853. The lowest BCUT2D eigenvalue weighted by Gasteiger charge is -2.18. The second kappa shape index (κ2) is 7.24. The van der Waals surface area contributed by atoms with E-state index < -0.39 is 21.5 Å². The Hall–Kier alpha value is -2.39. The summed E-state index contributed by atoms with van der Waals surface area (Å²) in [5, 5.41) is 2.34. The summed E-state index contributed by atoms with van der Waals surface area (Å²) < 4.78 is 37.0. The number of hydrogen-bond acceptors (Lipinski definition) is 6. The molecule has 0 saturated carbocycles. The third kappa shape index (κ3) is 5.30. The number of carbonyl (C=O) groups is 1. The van der Waals surface area contributed by atoms with E-state index in [2.05, 4.69) is 15.0 Å². The van der Waals surface area contributed by atoms with Crippen LogP contribution in [0.3, 0.4) is 0 Å². The molecule has 0 aliphatic carbocycles. The van der Waals surface area contributed by atoms with Crippen LogP contribution in [-0.2, 0) is 16.6 Å². The molecule has 0 aliphatic rings. The molecule has 0 spiro atoms. The van der Waals surface area contributed by atoms with Crippen LogP contribution in [0.15, 0.2) is 40.0 Å². The summed E-state index contributed by atoms with van der Waals surface area (Å²) in [5.74, 6) is -0.172. The maximum Gasteiger partial charge on any atom is 0.287 e. The number of rotatable bonds is 6. The molecule has 0 aromatic carbocycles. The first-order chi connectivity index (χ1) is 11.6. The molecule has 25 heavy (non-hydrogen) atoms. The average molecular weight is 367 g/mol. The summed E-state index contributed by atoms with van der Waals surface area (Å²) >= 11 is 0. The van der Waals surface area contributed by atoms with Gasteiger partial charge in [0.05, 0.1) is 7.11 Å². The van der Waals surface area contributed by atoms with Crippen LogP contribution in [0.4, 0.5) is 0 Å². The molecule has 2 aromatic heterocycles. The van der Waals surface area contributed by atoms with Crippen molar-refractivity contribution >= 4 is 15.9 Å². The number of nitrogens with zero attached hydrogens (tertiary/aromatic N) is 1. The molecule has 136 valence electrons. The van der Waals surface area contributed by atoms with Gasteiger partial charge in [-0.3, -0.25) is 4.79 Å². The van der Waals surface area contributed by atoms with Crippen molar-refractivity contribution < 1.29 is 22.4 Å². The van der Waals surface area contributed by atoms with E-state index in [1.807, 2.05) is 0 Å². The van der Waals surface area contributed by atoms with Crippen LogP contribution in [0.1, 0.15) is 36.9 Å². The Kier molecular flexibility index (Phi) is 5.48. The smallest absolute Gasteiger partial charge is 0.287 e. The van der Waals surface area contributed by atoms with Gasteiger partial charge in [-0.25, -0.2) is 18.1 Å². The monoisotopic (exact) mass is 367 g/mol. The SMILES string of the molecule is COc1cc(CNC(=O)c2ccc(S(=O)(=O)NC(C)(C)C)o2)ccn1. The van der Waals surface area contributed by atoms with Crippen molar-refractivity contribution in [1.82, 2.24) is 15.0 Å². The Morgan fingerprint density at radius 2 is 2.00 bits per heavy atom. The zero-order valence-corrected chi connectivity index (χ0v) is 15.3. The average Bonchev–Trinajstić information content (AvgIpc) is 3.01. The molecule has 9 heteroatoms. The van der Waals surface area contributed by atoms with Crippen molar-refractivity contribution in [2.45, 2.75) is 37.9 Å². The third-order valence-electron chi connectivity index (χ3n) is 2.97. The van der Waals surface area contributed by atoms with Gasteiger partial charge in [0.15, 0.2) is 5.76 Å². The van der Waals surface area contributed by atoms with E-state index in [4.69, 9.17) is 9.15 Å². The number of pyridine rings is 1. The number of carbonyl (C=O) groups excluding carboxylic acids is 1. The highest BCUT2D eigenvalue weighted by Gasteiger charge is 2.26. The second-order valence-corrected chi connectivity index (χ2v) is 7.98. The molecular formula is C16H21N3O5S. The van der Waals surface area contributed by atoms with Crippen LogP contribution in [0.2, 0.25) is 0 Å². The summed E-state index contributed by atoms with van der Waals surface area (Å²) in [6.45, 7) is 5.36.